The number of hydrogen-bond donors (Lipinski definition) is 2. The second kappa shape index (κ2) is 7.90. The van der Waals surface area contributed by atoms with Crippen LogP contribution in [0.3, 0.4) is 0 Å². The monoisotopic (exact) mass is 461 g/mol. The molecule has 2 aliphatic heterocycles. The highest BCUT2D eigenvalue weighted by Crippen LogP contribution is 2.32. The second-order valence-corrected chi connectivity index (χ2v) is 9.30. The van der Waals surface area contributed by atoms with Crippen molar-refractivity contribution in [2.75, 3.05) is 19.6 Å². The van der Waals surface area contributed by atoms with Gasteiger partial charge >= 0.3 is 6.18 Å². The molecule has 6 nitrogen and oxygen atoms in total. The van der Waals surface area contributed by atoms with Crippen LogP contribution in [-0.4, -0.2) is 69.1 Å². The third-order valence-electron chi connectivity index (χ3n) is 6.12. The smallest absolute Gasteiger partial charge is 0.341 e. The number of aromatic amines is 1. The van der Waals surface area contributed by atoms with Gasteiger partial charge in [-0.1, -0.05) is 11.6 Å². The summed E-state index contributed by atoms with van der Waals surface area (Å²) in [6, 6.07) is 2.74. The fraction of sp³-hybridized carbons (Fsp3) is 0.600. The summed E-state index contributed by atoms with van der Waals surface area (Å²) in [5.74, 6) is -0.395. The lowest BCUT2D eigenvalue weighted by Crippen LogP contribution is -2.59. The van der Waals surface area contributed by atoms with Crippen LogP contribution in [0.2, 0.25) is 5.02 Å². The van der Waals surface area contributed by atoms with Gasteiger partial charge < -0.3 is 10.3 Å². The predicted octanol–water partition coefficient (Wildman–Crippen LogP) is 3.46. The Balaban J connectivity index is 1.38. The Bertz CT molecular complexity index is 978. The summed E-state index contributed by atoms with van der Waals surface area (Å²) in [6.07, 6.45) is -2.75. The number of aromatic nitrogens is 2. The highest BCUT2D eigenvalue weighted by Gasteiger charge is 2.49. The zero-order valence-corrected chi connectivity index (χ0v) is 17.9. The zero-order chi connectivity index (χ0) is 22.6. The van der Waals surface area contributed by atoms with Crippen molar-refractivity contribution in [3.8, 4) is 0 Å². The van der Waals surface area contributed by atoms with Gasteiger partial charge in [-0.3, -0.25) is 14.6 Å². The normalized spacial score (nSPS) is 22.9. The van der Waals surface area contributed by atoms with Crippen LogP contribution < -0.4 is 5.32 Å². The number of imidazole rings is 1. The summed E-state index contributed by atoms with van der Waals surface area (Å²) in [6.45, 7) is 3.73. The first-order chi connectivity index (χ1) is 14.4. The lowest BCUT2D eigenvalue weighted by atomic mass is 10.1. The van der Waals surface area contributed by atoms with Crippen LogP contribution in [0.5, 0.6) is 0 Å². The van der Waals surface area contributed by atoms with Crippen LogP contribution in [-0.2, 0) is 11.3 Å². The van der Waals surface area contributed by atoms with Gasteiger partial charge in [0.1, 0.15) is 22.7 Å². The van der Waals surface area contributed by atoms with Gasteiger partial charge in [0.25, 0.3) is 0 Å². The molecule has 2 bridgehead atoms. The number of rotatable bonds is 5. The van der Waals surface area contributed by atoms with E-state index in [9.17, 15) is 22.4 Å². The maximum Gasteiger partial charge on any atom is 0.410 e. The number of piperazine rings is 1. The third kappa shape index (κ3) is 4.51. The molecule has 2 aromatic rings. The Kier molecular flexibility index (Phi) is 5.68. The fourth-order valence-electron chi connectivity index (χ4n) is 4.47. The van der Waals surface area contributed by atoms with Crippen molar-refractivity contribution in [1.82, 2.24) is 25.1 Å². The van der Waals surface area contributed by atoms with Crippen molar-refractivity contribution in [3.05, 3.63) is 28.8 Å². The van der Waals surface area contributed by atoms with E-state index in [1.165, 1.54) is 12.1 Å². The first-order valence-electron chi connectivity index (χ1n) is 10.1. The number of halogens is 5. The van der Waals surface area contributed by atoms with E-state index in [2.05, 4.69) is 20.2 Å². The van der Waals surface area contributed by atoms with Crippen LogP contribution in [0.15, 0.2) is 12.1 Å². The molecule has 3 heterocycles. The number of benzene rings is 1. The van der Waals surface area contributed by atoms with Gasteiger partial charge in [-0.2, -0.15) is 13.2 Å². The summed E-state index contributed by atoms with van der Waals surface area (Å²) in [4.78, 5) is 24.1. The number of nitrogens with zero attached hydrogens (tertiary/aromatic N) is 3. The lowest BCUT2D eigenvalue weighted by Gasteiger charge is -2.41. The molecule has 1 aromatic carbocycles. The number of alkyl halides is 3. The Morgan fingerprint density at radius 2 is 1.90 bits per heavy atom. The maximum absolute atomic E-state index is 13.5. The highest BCUT2D eigenvalue weighted by atomic mass is 35.5. The molecule has 0 spiro atoms. The number of carbonyl (C=O) groups is 1. The van der Waals surface area contributed by atoms with E-state index in [1.54, 1.807) is 0 Å². The van der Waals surface area contributed by atoms with Gasteiger partial charge in [-0.15, -0.1) is 0 Å². The quantitative estimate of drug-likeness (QED) is 0.669. The van der Waals surface area contributed by atoms with Crippen LogP contribution >= 0.6 is 11.6 Å². The molecule has 11 heteroatoms. The van der Waals surface area contributed by atoms with E-state index in [1.807, 2.05) is 4.90 Å². The number of amides is 1. The van der Waals surface area contributed by atoms with Crippen molar-refractivity contribution in [1.29, 1.82) is 0 Å². The molecule has 1 aromatic heterocycles. The molecule has 0 aliphatic carbocycles. The van der Waals surface area contributed by atoms with Crippen molar-refractivity contribution in [2.45, 2.75) is 57.0 Å². The average molecular weight is 462 g/mol. The van der Waals surface area contributed by atoms with E-state index in [4.69, 9.17) is 11.6 Å². The minimum Gasteiger partial charge on any atom is -0.341 e. The molecule has 4 rings (SSSR count). The number of H-pyrrole nitrogens is 1. The molecule has 2 fully saturated rings. The van der Waals surface area contributed by atoms with Crippen LogP contribution in [0, 0.1) is 5.82 Å². The first kappa shape index (κ1) is 22.3. The molecule has 0 saturated carbocycles. The van der Waals surface area contributed by atoms with Crippen molar-refractivity contribution in [2.24, 2.45) is 0 Å². The van der Waals surface area contributed by atoms with E-state index in [-0.39, 0.29) is 23.7 Å². The molecule has 0 radical (unpaired) electrons. The Morgan fingerprint density at radius 1 is 1.26 bits per heavy atom. The molecule has 1 amide bonds. The van der Waals surface area contributed by atoms with Gasteiger partial charge in [-0.05, 0) is 38.8 Å². The second-order valence-electron chi connectivity index (χ2n) is 8.89. The predicted molar refractivity (Wildman–Crippen MR) is 108 cm³/mol. The minimum absolute atomic E-state index is 0.0534. The molecule has 2 atom stereocenters. The van der Waals surface area contributed by atoms with Gasteiger partial charge in [0.05, 0.1) is 23.6 Å². The molecule has 31 heavy (non-hydrogen) atoms. The third-order valence-corrected chi connectivity index (χ3v) is 6.41. The molecular formula is C20H24ClF4N5O. The largest absolute Gasteiger partial charge is 0.410 e. The van der Waals surface area contributed by atoms with Crippen LogP contribution in [0.25, 0.3) is 11.0 Å². The molecular weight excluding hydrogens is 438 g/mol. The van der Waals surface area contributed by atoms with E-state index in [0.717, 1.165) is 26.7 Å². The average Bonchev–Trinajstić information content (AvgIpc) is 3.11. The Hall–Kier alpha value is -1.91. The molecule has 2 aliphatic rings. The Labute approximate surface area is 181 Å². The Morgan fingerprint density at radius 3 is 2.52 bits per heavy atom. The standard InChI is InChI=1S/C20H24ClF4N5O/c1-19(2,20(23,24)25)28-17(31)10-30-12-3-4-13(30)8-29(7-12)9-16-26-15-6-11(22)5-14(21)18(15)27-16/h5-6,12-13H,3-4,7-10H2,1-2H3,(H,26,27)(H,28,31). The lowest BCUT2D eigenvalue weighted by molar-refractivity contribution is -0.188. The molecule has 2 N–H and O–H groups in total. The number of hydrogen-bond acceptors (Lipinski definition) is 4. The first-order valence-corrected chi connectivity index (χ1v) is 10.5. The topological polar surface area (TPSA) is 64.3 Å². The van der Waals surface area contributed by atoms with Gasteiger partial charge in [0.2, 0.25) is 5.91 Å². The summed E-state index contributed by atoms with van der Waals surface area (Å²) in [5.41, 5.74) is -1.22. The van der Waals surface area contributed by atoms with Crippen molar-refractivity contribution < 1.29 is 22.4 Å². The maximum atomic E-state index is 13.5. The van der Waals surface area contributed by atoms with Gasteiger partial charge in [0.15, 0.2) is 0 Å². The number of carbonyl (C=O) groups excluding carboxylic acids is 1. The van der Waals surface area contributed by atoms with Crippen LogP contribution in [0.4, 0.5) is 17.6 Å². The van der Waals surface area contributed by atoms with Gasteiger partial charge in [-0.25, -0.2) is 9.37 Å². The molecule has 2 saturated heterocycles. The number of likely N-dealkylation sites (tertiary alicyclic amines) is 1. The zero-order valence-electron chi connectivity index (χ0n) is 17.2. The van der Waals surface area contributed by atoms with Crippen LogP contribution in [0.1, 0.15) is 32.5 Å². The van der Waals surface area contributed by atoms with Crippen molar-refractivity contribution in [3.63, 3.8) is 0 Å². The van der Waals surface area contributed by atoms with E-state index >= 15 is 0 Å². The summed E-state index contributed by atoms with van der Waals surface area (Å²) >= 11 is 6.07. The van der Waals surface area contributed by atoms with Gasteiger partial charge in [0, 0.05) is 25.2 Å². The number of nitrogens with one attached hydrogen (secondary N) is 2. The fourth-order valence-corrected chi connectivity index (χ4v) is 4.72. The molecule has 2 unspecified atom stereocenters. The van der Waals surface area contributed by atoms with E-state index < -0.39 is 23.4 Å². The van der Waals surface area contributed by atoms with E-state index in [0.29, 0.717) is 36.5 Å². The number of fused-ring (bicyclic) bond motifs is 3. The minimum atomic E-state index is -4.52. The summed E-state index contributed by atoms with van der Waals surface area (Å²) in [5, 5.41) is 2.36. The summed E-state index contributed by atoms with van der Waals surface area (Å²) in [7, 11) is 0. The summed E-state index contributed by atoms with van der Waals surface area (Å²) < 4.78 is 52.7. The van der Waals surface area contributed by atoms with Crippen molar-refractivity contribution >= 4 is 28.5 Å². The highest BCUT2D eigenvalue weighted by molar-refractivity contribution is 6.34. The molecule has 170 valence electrons. The SMILES string of the molecule is CC(C)(NC(=O)CN1C2CCC1CN(Cc1nc3c(Cl)cc(F)cc3[nH]1)C2)C(F)(F)F.